The molecule has 2 aromatic carbocycles. The summed E-state index contributed by atoms with van der Waals surface area (Å²) in [5.41, 5.74) is 9.75. The molecule has 1 fully saturated rings. The fraction of sp³-hybridized carbons (Fsp3) is 0.400. The molecule has 1 heterocycles. The van der Waals surface area contributed by atoms with Crippen LogP contribution >= 0.6 is 24.8 Å². The first kappa shape index (κ1) is 21.0. The van der Waals surface area contributed by atoms with Crippen LogP contribution in [0.4, 0.5) is 0 Å². The van der Waals surface area contributed by atoms with Crippen molar-refractivity contribution in [2.24, 2.45) is 11.7 Å². The summed E-state index contributed by atoms with van der Waals surface area (Å²) in [7, 11) is 0. The topological polar surface area (TPSA) is 29.3 Å². The number of nitrogens with zero attached hydrogens (tertiary/aromatic N) is 1. The molecule has 24 heavy (non-hydrogen) atoms. The van der Waals surface area contributed by atoms with E-state index >= 15 is 0 Å². The summed E-state index contributed by atoms with van der Waals surface area (Å²) in [6, 6.07) is 19.6. The van der Waals surface area contributed by atoms with Gasteiger partial charge in [0.05, 0.1) is 0 Å². The predicted octanol–water partition coefficient (Wildman–Crippen LogP) is 4.44. The Labute approximate surface area is 158 Å². The average Bonchev–Trinajstić information content (AvgIpc) is 2.58. The largest absolute Gasteiger partial charge is 0.326 e. The minimum absolute atomic E-state index is 0. The summed E-state index contributed by atoms with van der Waals surface area (Å²) in [4.78, 5) is 2.58. The number of hydrogen-bond acceptors (Lipinski definition) is 2. The summed E-state index contributed by atoms with van der Waals surface area (Å²) in [6.45, 7) is 4.14. The van der Waals surface area contributed by atoms with Crippen LogP contribution in [0, 0.1) is 5.92 Å². The molecule has 2 nitrogen and oxygen atoms in total. The smallest absolute Gasteiger partial charge is 0.0233 e. The zero-order valence-electron chi connectivity index (χ0n) is 14.1. The van der Waals surface area contributed by atoms with Crippen LogP contribution in [0.3, 0.4) is 0 Å². The van der Waals surface area contributed by atoms with Gasteiger partial charge in [0, 0.05) is 13.1 Å². The molecule has 3 rings (SSSR count). The Morgan fingerprint density at radius 1 is 0.792 bits per heavy atom. The Hall–Kier alpha value is -1.06. The van der Waals surface area contributed by atoms with Crippen LogP contribution in [-0.2, 0) is 19.5 Å². The van der Waals surface area contributed by atoms with Crippen molar-refractivity contribution in [3.8, 4) is 0 Å². The van der Waals surface area contributed by atoms with E-state index in [0.29, 0.717) is 6.54 Å². The second-order valence-corrected chi connectivity index (χ2v) is 6.43. The maximum Gasteiger partial charge on any atom is 0.0233 e. The van der Waals surface area contributed by atoms with Gasteiger partial charge in [-0.25, -0.2) is 0 Å². The SMILES string of the molecule is Cl.Cl.NCc1ccc(CN2CCC(Cc3ccccc3)CC2)cc1. The molecule has 2 aromatic rings. The molecule has 0 atom stereocenters. The summed E-state index contributed by atoms with van der Waals surface area (Å²) >= 11 is 0. The minimum Gasteiger partial charge on any atom is -0.326 e. The molecule has 0 spiro atoms. The van der Waals surface area contributed by atoms with Gasteiger partial charge in [-0.1, -0.05) is 54.6 Å². The van der Waals surface area contributed by atoms with Crippen LogP contribution in [-0.4, -0.2) is 18.0 Å². The van der Waals surface area contributed by atoms with Crippen LogP contribution < -0.4 is 5.73 Å². The number of piperidine rings is 1. The molecular weight excluding hydrogens is 339 g/mol. The fourth-order valence-electron chi connectivity index (χ4n) is 3.34. The van der Waals surface area contributed by atoms with Gasteiger partial charge in [-0.3, -0.25) is 4.90 Å². The predicted molar refractivity (Wildman–Crippen MR) is 107 cm³/mol. The summed E-state index contributed by atoms with van der Waals surface area (Å²) < 4.78 is 0. The maximum absolute atomic E-state index is 5.65. The van der Waals surface area contributed by atoms with Gasteiger partial charge in [0.15, 0.2) is 0 Å². The molecule has 132 valence electrons. The van der Waals surface area contributed by atoms with Crippen molar-refractivity contribution in [2.45, 2.75) is 32.4 Å². The minimum atomic E-state index is 0. The molecular formula is C20H28Cl2N2. The van der Waals surface area contributed by atoms with Crippen molar-refractivity contribution < 1.29 is 0 Å². The Morgan fingerprint density at radius 2 is 1.38 bits per heavy atom. The first-order valence-electron chi connectivity index (χ1n) is 8.37. The number of likely N-dealkylation sites (tertiary alicyclic amines) is 1. The van der Waals surface area contributed by atoms with E-state index < -0.39 is 0 Å². The number of benzene rings is 2. The van der Waals surface area contributed by atoms with Gasteiger partial charge in [-0.15, -0.1) is 24.8 Å². The molecule has 4 heteroatoms. The van der Waals surface area contributed by atoms with Crippen LogP contribution in [0.15, 0.2) is 54.6 Å². The normalized spacial score (nSPS) is 15.4. The number of hydrogen-bond donors (Lipinski definition) is 1. The lowest BCUT2D eigenvalue weighted by Crippen LogP contribution is -2.33. The van der Waals surface area contributed by atoms with E-state index in [2.05, 4.69) is 59.5 Å². The van der Waals surface area contributed by atoms with Crippen LogP contribution in [0.2, 0.25) is 0 Å². The van der Waals surface area contributed by atoms with Crippen molar-refractivity contribution in [1.82, 2.24) is 4.90 Å². The summed E-state index contributed by atoms with van der Waals surface area (Å²) in [5.74, 6) is 0.846. The molecule has 0 radical (unpaired) electrons. The van der Waals surface area contributed by atoms with E-state index in [1.54, 1.807) is 0 Å². The van der Waals surface area contributed by atoms with Gasteiger partial charge in [0.25, 0.3) is 0 Å². The molecule has 1 aliphatic heterocycles. The van der Waals surface area contributed by atoms with E-state index in [1.807, 2.05) is 0 Å². The van der Waals surface area contributed by atoms with E-state index in [-0.39, 0.29) is 24.8 Å². The second-order valence-electron chi connectivity index (χ2n) is 6.43. The first-order chi connectivity index (χ1) is 10.8. The lowest BCUT2D eigenvalue weighted by Gasteiger charge is -2.32. The summed E-state index contributed by atoms with van der Waals surface area (Å²) in [5, 5.41) is 0. The van der Waals surface area contributed by atoms with Gasteiger partial charge >= 0.3 is 0 Å². The highest BCUT2D eigenvalue weighted by atomic mass is 35.5. The highest BCUT2D eigenvalue weighted by Crippen LogP contribution is 2.22. The first-order valence-corrected chi connectivity index (χ1v) is 8.37. The number of halogens is 2. The Kier molecular flexibility index (Phi) is 9.38. The third-order valence-electron chi connectivity index (χ3n) is 4.74. The van der Waals surface area contributed by atoms with Gasteiger partial charge in [-0.05, 0) is 55.0 Å². The van der Waals surface area contributed by atoms with E-state index in [0.717, 1.165) is 12.5 Å². The number of rotatable bonds is 5. The van der Waals surface area contributed by atoms with E-state index in [1.165, 1.54) is 49.0 Å². The molecule has 0 unspecified atom stereocenters. The third-order valence-corrected chi connectivity index (χ3v) is 4.74. The van der Waals surface area contributed by atoms with Crippen LogP contribution in [0.5, 0.6) is 0 Å². The van der Waals surface area contributed by atoms with Crippen molar-refractivity contribution >= 4 is 24.8 Å². The molecule has 0 amide bonds. The highest BCUT2D eigenvalue weighted by molar-refractivity contribution is 5.85. The zero-order valence-corrected chi connectivity index (χ0v) is 15.7. The highest BCUT2D eigenvalue weighted by Gasteiger charge is 2.19. The van der Waals surface area contributed by atoms with Crippen molar-refractivity contribution in [1.29, 1.82) is 0 Å². The van der Waals surface area contributed by atoms with Gasteiger partial charge < -0.3 is 5.73 Å². The molecule has 1 saturated heterocycles. The van der Waals surface area contributed by atoms with Gasteiger partial charge in [0.2, 0.25) is 0 Å². The second kappa shape index (κ2) is 10.7. The van der Waals surface area contributed by atoms with Crippen LogP contribution in [0.1, 0.15) is 29.5 Å². The summed E-state index contributed by atoms with van der Waals surface area (Å²) in [6.07, 6.45) is 3.87. The molecule has 0 aliphatic carbocycles. The Bertz CT molecular complexity index is 564. The van der Waals surface area contributed by atoms with Crippen molar-refractivity contribution in [3.63, 3.8) is 0 Å². The van der Waals surface area contributed by atoms with E-state index in [9.17, 15) is 0 Å². The Morgan fingerprint density at radius 3 is 1.96 bits per heavy atom. The van der Waals surface area contributed by atoms with Crippen molar-refractivity contribution in [2.75, 3.05) is 13.1 Å². The van der Waals surface area contributed by atoms with Gasteiger partial charge in [0.1, 0.15) is 0 Å². The molecule has 0 aromatic heterocycles. The molecule has 0 bridgehead atoms. The van der Waals surface area contributed by atoms with Crippen LogP contribution in [0.25, 0.3) is 0 Å². The number of nitrogens with two attached hydrogens (primary N) is 1. The monoisotopic (exact) mass is 366 g/mol. The van der Waals surface area contributed by atoms with E-state index in [4.69, 9.17) is 5.73 Å². The lowest BCUT2D eigenvalue weighted by atomic mass is 9.90. The molecule has 0 saturated carbocycles. The third kappa shape index (κ3) is 6.10. The Balaban J connectivity index is 0.00000144. The molecule has 1 aliphatic rings. The lowest BCUT2D eigenvalue weighted by molar-refractivity contribution is 0.177. The maximum atomic E-state index is 5.65. The zero-order chi connectivity index (χ0) is 15.2. The average molecular weight is 367 g/mol. The fourth-order valence-corrected chi connectivity index (χ4v) is 3.34. The quantitative estimate of drug-likeness (QED) is 0.846. The molecule has 2 N–H and O–H groups in total. The van der Waals surface area contributed by atoms with Gasteiger partial charge in [-0.2, -0.15) is 0 Å². The standard InChI is InChI=1S/C20H26N2.2ClH/c21-15-19-6-8-20(9-7-19)16-22-12-10-18(11-13-22)14-17-4-2-1-3-5-17;;/h1-9,18H,10-16,21H2;2*1H. The van der Waals surface area contributed by atoms with Crippen molar-refractivity contribution in [3.05, 3.63) is 71.3 Å².